The molecule has 1 fully saturated rings. The Hall–Kier alpha value is -2.54. The van der Waals surface area contributed by atoms with Crippen LogP contribution in [-0.4, -0.2) is 18.4 Å². The molecule has 1 aliphatic rings. The summed E-state index contributed by atoms with van der Waals surface area (Å²) < 4.78 is 39.4. The van der Waals surface area contributed by atoms with Gasteiger partial charge in [0.25, 0.3) is 0 Å². The van der Waals surface area contributed by atoms with Crippen molar-refractivity contribution in [3.05, 3.63) is 58.1 Å². The number of rotatable bonds is 4. The Kier molecular flexibility index (Phi) is 6.11. The molecular formula is C23H24ClF3N2O2. The molecule has 2 aromatic carbocycles. The van der Waals surface area contributed by atoms with Crippen LogP contribution >= 0.6 is 11.6 Å². The van der Waals surface area contributed by atoms with Gasteiger partial charge in [0.15, 0.2) is 0 Å². The number of halogens is 4. The van der Waals surface area contributed by atoms with E-state index in [-0.39, 0.29) is 23.2 Å². The Bertz CT molecular complexity index is 1020. The summed E-state index contributed by atoms with van der Waals surface area (Å²) in [5, 5.41) is 2.44. The van der Waals surface area contributed by atoms with Crippen molar-refractivity contribution in [1.29, 1.82) is 0 Å². The van der Waals surface area contributed by atoms with Gasteiger partial charge in [-0.05, 0) is 49.6 Å². The van der Waals surface area contributed by atoms with E-state index in [0.29, 0.717) is 6.42 Å². The number of amides is 2. The predicted molar refractivity (Wildman–Crippen MR) is 115 cm³/mol. The molecule has 0 bridgehead atoms. The largest absolute Gasteiger partial charge is 0.416 e. The van der Waals surface area contributed by atoms with Crippen molar-refractivity contribution in [3.8, 4) is 0 Å². The van der Waals surface area contributed by atoms with E-state index in [0.717, 1.165) is 28.9 Å². The van der Waals surface area contributed by atoms with Gasteiger partial charge < -0.3 is 10.2 Å². The smallest absolute Gasteiger partial charge is 0.325 e. The van der Waals surface area contributed by atoms with Gasteiger partial charge in [-0.15, -0.1) is 0 Å². The Morgan fingerprint density at radius 2 is 1.84 bits per heavy atom. The van der Waals surface area contributed by atoms with E-state index in [2.05, 4.69) is 5.32 Å². The Morgan fingerprint density at radius 1 is 1.23 bits per heavy atom. The Morgan fingerprint density at radius 3 is 2.39 bits per heavy atom. The number of aryl methyl sites for hydroxylation is 2. The number of alkyl halides is 3. The van der Waals surface area contributed by atoms with Gasteiger partial charge in [-0.1, -0.05) is 43.6 Å². The topological polar surface area (TPSA) is 49.4 Å². The molecule has 1 saturated heterocycles. The molecule has 0 aliphatic carbocycles. The van der Waals surface area contributed by atoms with Crippen molar-refractivity contribution in [2.45, 2.75) is 40.3 Å². The molecule has 1 N–H and O–H groups in total. The molecule has 3 rings (SSSR count). The number of carbonyl (C=O) groups excluding carboxylic acids is 2. The van der Waals surface area contributed by atoms with Gasteiger partial charge in [0, 0.05) is 22.9 Å². The van der Waals surface area contributed by atoms with Crippen molar-refractivity contribution in [1.82, 2.24) is 0 Å². The minimum atomic E-state index is -4.59. The molecule has 2 atom stereocenters. The van der Waals surface area contributed by atoms with Gasteiger partial charge in [0.05, 0.1) is 16.9 Å². The van der Waals surface area contributed by atoms with E-state index in [9.17, 15) is 22.8 Å². The summed E-state index contributed by atoms with van der Waals surface area (Å²) in [6.07, 6.45) is -4.25. The fourth-order valence-corrected chi connectivity index (χ4v) is 4.55. The number of para-hydroxylation sites is 1. The number of hydrogen-bond acceptors (Lipinski definition) is 2. The zero-order chi connectivity index (χ0) is 23.1. The number of nitrogens with zero attached hydrogens (tertiary/aromatic N) is 1. The lowest BCUT2D eigenvalue weighted by atomic mass is 9.75. The van der Waals surface area contributed by atoms with Crippen LogP contribution in [0, 0.1) is 25.2 Å². The van der Waals surface area contributed by atoms with Crippen LogP contribution in [0.2, 0.25) is 5.02 Å². The van der Waals surface area contributed by atoms with Crippen LogP contribution in [0.4, 0.5) is 24.5 Å². The van der Waals surface area contributed by atoms with Crippen LogP contribution in [0.15, 0.2) is 36.4 Å². The van der Waals surface area contributed by atoms with Crippen LogP contribution in [0.25, 0.3) is 0 Å². The summed E-state index contributed by atoms with van der Waals surface area (Å²) >= 11 is 5.84. The zero-order valence-electron chi connectivity index (χ0n) is 17.7. The maximum atomic E-state index is 13.3. The number of hydrogen-bond donors (Lipinski definition) is 1. The van der Waals surface area contributed by atoms with Crippen molar-refractivity contribution in [3.63, 3.8) is 0 Å². The van der Waals surface area contributed by atoms with E-state index >= 15 is 0 Å². The molecule has 0 aromatic heterocycles. The second kappa shape index (κ2) is 8.19. The monoisotopic (exact) mass is 452 g/mol. The third kappa shape index (κ3) is 4.15. The molecule has 31 heavy (non-hydrogen) atoms. The number of carbonyl (C=O) groups is 2. The Balaban J connectivity index is 1.96. The first kappa shape index (κ1) is 23.1. The normalized spacial score (nSPS) is 21.5. The predicted octanol–water partition coefficient (Wildman–Crippen LogP) is 5.99. The molecule has 1 heterocycles. The van der Waals surface area contributed by atoms with E-state index in [1.54, 1.807) is 18.7 Å². The quantitative estimate of drug-likeness (QED) is 0.619. The van der Waals surface area contributed by atoms with E-state index in [1.807, 2.05) is 32.0 Å². The molecule has 0 spiro atoms. The molecule has 2 aromatic rings. The molecule has 0 saturated carbocycles. The third-order valence-corrected chi connectivity index (χ3v) is 6.40. The fraction of sp³-hybridized carbons (Fsp3) is 0.391. The average molecular weight is 453 g/mol. The summed E-state index contributed by atoms with van der Waals surface area (Å²) in [6.45, 7) is 7.44. The Labute approximate surface area is 184 Å². The minimum absolute atomic E-state index is 0.0529. The molecular weight excluding hydrogens is 429 g/mol. The summed E-state index contributed by atoms with van der Waals surface area (Å²) in [5.74, 6) is -1.32. The van der Waals surface area contributed by atoms with Crippen LogP contribution in [0.3, 0.4) is 0 Å². The first-order valence-corrected chi connectivity index (χ1v) is 10.4. The van der Waals surface area contributed by atoms with Crippen molar-refractivity contribution >= 4 is 34.8 Å². The first-order chi connectivity index (χ1) is 14.4. The van der Waals surface area contributed by atoms with Gasteiger partial charge in [-0.2, -0.15) is 13.2 Å². The summed E-state index contributed by atoms with van der Waals surface area (Å²) in [4.78, 5) is 28.1. The van der Waals surface area contributed by atoms with Crippen LogP contribution in [0.1, 0.15) is 37.0 Å². The zero-order valence-corrected chi connectivity index (χ0v) is 18.5. The fourth-order valence-electron chi connectivity index (χ4n) is 4.32. The maximum absolute atomic E-state index is 13.3. The number of benzene rings is 2. The average Bonchev–Trinajstić information content (AvgIpc) is 2.93. The molecule has 4 nitrogen and oxygen atoms in total. The van der Waals surface area contributed by atoms with Crippen LogP contribution in [0.5, 0.6) is 0 Å². The molecule has 8 heteroatoms. The van der Waals surface area contributed by atoms with Gasteiger partial charge in [0.2, 0.25) is 11.8 Å². The standard InChI is InChI=1S/C23H24ClF3N2O2/c1-5-22(21(31)28-18-10-16(23(25,26)27)9-17(24)11-18)12-29(20(30)15(22)4)19-13(2)7-6-8-14(19)3/h6-11,15H,5,12H2,1-4H3,(H,28,31)/t15-,22+/m1/s1. The van der Waals surface area contributed by atoms with Gasteiger partial charge in [0.1, 0.15) is 0 Å². The molecule has 0 unspecified atom stereocenters. The van der Waals surface area contributed by atoms with Crippen molar-refractivity contribution in [2.24, 2.45) is 11.3 Å². The number of anilines is 2. The first-order valence-electron chi connectivity index (χ1n) is 9.97. The summed E-state index contributed by atoms with van der Waals surface area (Å²) in [7, 11) is 0. The maximum Gasteiger partial charge on any atom is 0.416 e. The lowest BCUT2D eigenvalue weighted by molar-refractivity contribution is -0.137. The molecule has 2 amide bonds. The molecule has 166 valence electrons. The van der Waals surface area contributed by atoms with Crippen LogP contribution < -0.4 is 10.2 Å². The van der Waals surface area contributed by atoms with Crippen LogP contribution in [-0.2, 0) is 15.8 Å². The highest BCUT2D eigenvalue weighted by molar-refractivity contribution is 6.31. The van der Waals surface area contributed by atoms with Gasteiger partial charge in [-0.25, -0.2) is 0 Å². The van der Waals surface area contributed by atoms with Gasteiger partial charge in [-0.3, -0.25) is 9.59 Å². The lowest BCUT2D eigenvalue weighted by Gasteiger charge is -2.30. The lowest BCUT2D eigenvalue weighted by Crippen LogP contribution is -2.42. The summed E-state index contributed by atoms with van der Waals surface area (Å²) in [5.41, 5.74) is 0.503. The SMILES string of the molecule is CC[C@]1(C(=O)Nc2cc(Cl)cc(C(F)(F)F)c2)CN(c2c(C)cccc2C)C(=O)[C@H]1C. The van der Waals surface area contributed by atoms with Gasteiger partial charge >= 0.3 is 6.18 Å². The third-order valence-electron chi connectivity index (χ3n) is 6.18. The minimum Gasteiger partial charge on any atom is -0.325 e. The highest BCUT2D eigenvalue weighted by Crippen LogP contribution is 2.44. The highest BCUT2D eigenvalue weighted by atomic mass is 35.5. The van der Waals surface area contributed by atoms with E-state index < -0.39 is 29.0 Å². The van der Waals surface area contributed by atoms with Crippen molar-refractivity contribution in [2.75, 3.05) is 16.8 Å². The van der Waals surface area contributed by atoms with E-state index in [1.165, 1.54) is 6.07 Å². The second-order valence-electron chi connectivity index (χ2n) is 8.08. The molecule has 1 aliphatic heterocycles. The van der Waals surface area contributed by atoms with Crippen molar-refractivity contribution < 1.29 is 22.8 Å². The second-order valence-corrected chi connectivity index (χ2v) is 8.51. The van der Waals surface area contributed by atoms with E-state index in [4.69, 9.17) is 11.6 Å². The highest BCUT2D eigenvalue weighted by Gasteiger charge is 2.54. The summed E-state index contributed by atoms with van der Waals surface area (Å²) in [6, 6.07) is 8.61. The molecule has 0 radical (unpaired) electrons. The number of nitrogens with one attached hydrogen (secondary N) is 1.